The Morgan fingerprint density at radius 1 is 1.05 bits per heavy atom. The van der Waals surface area contributed by atoms with Crippen LogP contribution in [0, 0.1) is 6.92 Å². The van der Waals surface area contributed by atoms with Crippen LogP contribution in [0.3, 0.4) is 0 Å². The monoisotopic (exact) mass is 290 g/mol. The lowest BCUT2D eigenvalue weighted by atomic mass is 10.2. The van der Waals surface area contributed by atoms with Gasteiger partial charge in [-0.1, -0.05) is 24.3 Å². The number of carbonyl (C=O) groups excluding carboxylic acids is 2. The lowest BCUT2D eigenvalue weighted by Gasteiger charge is -2.04. The predicted octanol–water partition coefficient (Wildman–Crippen LogP) is 2.46. The second-order valence-corrected chi connectivity index (χ2v) is 5.23. The summed E-state index contributed by atoms with van der Waals surface area (Å²) in [5, 5.41) is 0. The Balaban J connectivity index is 1.95. The summed E-state index contributed by atoms with van der Waals surface area (Å²) in [7, 11) is 0. The maximum Gasteiger partial charge on any atom is 0.512 e. The number of benzene rings is 2. The first-order valence-corrected chi connectivity index (χ1v) is 6.92. The van der Waals surface area contributed by atoms with Crippen LogP contribution in [0.2, 0.25) is 0 Å². The van der Waals surface area contributed by atoms with Crippen molar-refractivity contribution >= 4 is 28.7 Å². The second kappa shape index (κ2) is 4.46. The molecule has 3 aromatic rings. The molecule has 22 heavy (non-hydrogen) atoms. The molecule has 1 aliphatic rings. The maximum atomic E-state index is 12.8. The highest BCUT2D eigenvalue weighted by Gasteiger charge is 2.48. The first kappa shape index (κ1) is 12.6. The molecule has 0 atom stereocenters. The Hall–Kier alpha value is -3.08. The van der Waals surface area contributed by atoms with E-state index in [-0.39, 0.29) is 17.6 Å². The van der Waals surface area contributed by atoms with Gasteiger partial charge < -0.3 is 0 Å². The van der Waals surface area contributed by atoms with Gasteiger partial charge in [-0.15, -0.1) is 9.47 Å². The van der Waals surface area contributed by atoms with Crippen molar-refractivity contribution in [1.82, 2.24) is 4.98 Å². The summed E-state index contributed by atoms with van der Waals surface area (Å²) in [5.74, 6) is -0.353. The molecule has 106 valence electrons. The van der Waals surface area contributed by atoms with Crippen molar-refractivity contribution in [2.24, 2.45) is 0 Å². The minimum atomic E-state index is -0.371. The van der Waals surface area contributed by atoms with Crippen LogP contribution in [-0.4, -0.2) is 16.9 Å². The number of nitrogens with zero attached hydrogens (tertiary/aromatic N) is 3. The van der Waals surface area contributed by atoms with Gasteiger partial charge in [0.2, 0.25) is 5.69 Å². The summed E-state index contributed by atoms with van der Waals surface area (Å²) in [6.07, 6.45) is 1.46. The van der Waals surface area contributed by atoms with Crippen LogP contribution in [-0.2, 0) is 0 Å². The molecule has 0 saturated heterocycles. The largest absolute Gasteiger partial charge is 0.512 e. The van der Waals surface area contributed by atoms with Gasteiger partial charge in [0.1, 0.15) is 11.2 Å². The zero-order valence-electron chi connectivity index (χ0n) is 11.9. The highest BCUT2D eigenvalue weighted by atomic mass is 16.2. The number of imide groups is 1. The van der Waals surface area contributed by atoms with Crippen LogP contribution >= 0.6 is 0 Å². The van der Waals surface area contributed by atoms with E-state index in [0.29, 0.717) is 16.7 Å². The summed E-state index contributed by atoms with van der Waals surface area (Å²) >= 11 is 0. The van der Waals surface area contributed by atoms with Crippen molar-refractivity contribution in [2.75, 3.05) is 4.90 Å². The molecule has 2 aromatic carbocycles. The van der Waals surface area contributed by atoms with Gasteiger partial charge >= 0.3 is 11.9 Å². The minimum absolute atomic E-state index is 0.283. The molecule has 0 N–H and O–H groups in total. The average molecular weight is 290 g/mol. The fourth-order valence-corrected chi connectivity index (χ4v) is 2.73. The van der Waals surface area contributed by atoms with Gasteiger partial charge in [0.05, 0.1) is 6.20 Å². The van der Waals surface area contributed by atoms with E-state index < -0.39 is 0 Å². The Morgan fingerprint density at radius 2 is 1.86 bits per heavy atom. The minimum Gasteiger partial charge on any atom is -0.248 e. The highest BCUT2D eigenvalue weighted by Crippen LogP contribution is 2.22. The summed E-state index contributed by atoms with van der Waals surface area (Å²) in [6.45, 7) is 1.92. The number of anilines is 1. The van der Waals surface area contributed by atoms with E-state index in [1.165, 1.54) is 15.7 Å². The SMILES string of the molecule is Cc1cccc(N2C(=O)c3cnc4ccccc4[n+]3C2=O)c1. The van der Waals surface area contributed by atoms with Gasteiger partial charge in [-0.25, -0.2) is 9.78 Å². The van der Waals surface area contributed by atoms with Gasteiger partial charge in [-0.3, -0.25) is 0 Å². The number of amides is 2. The quantitative estimate of drug-likeness (QED) is 0.647. The molecule has 2 amide bonds. The number of hydrogen-bond acceptors (Lipinski definition) is 3. The first-order valence-electron chi connectivity index (χ1n) is 6.92. The van der Waals surface area contributed by atoms with Gasteiger partial charge in [0, 0.05) is 0 Å². The molecule has 1 aromatic heterocycles. The number of carbonyl (C=O) groups is 2. The van der Waals surface area contributed by atoms with Crippen molar-refractivity contribution in [2.45, 2.75) is 6.92 Å². The van der Waals surface area contributed by atoms with E-state index >= 15 is 0 Å². The van der Waals surface area contributed by atoms with Crippen LogP contribution in [0.1, 0.15) is 16.1 Å². The van der Waals surface area contributed by atoms with Crippen LogP contribution in [0.25, 0.3) is 11.0 Å². The third-order valence-corrected chi connectivity index (χ3v) is 3.75. The number of rotatable bonds is 1. The molecule has 0 aliphatic carbocycles. The van der Waals surface area contributed by atoms with E-state index in [0.717, 1.165) is 5.56 Å². The molecule has 0 bridgehead atoms. The van der Waals surface area contributed by atoms with Crippen molar-refractivity contribution in [1.29, 1.82) is 0 Å². The fourth-order valence-electron chi connectivity index (χ4n) is 2.73. The van der Waals surface area contributed by atoms with Crippen LogP contribution in [0.15, 0.2) is 54.7 Å². The Kier molecular flexibility index (Phi) is 2.56. The van der Waals surface area contributed by atoms with Crippen LogP contribution in [0.4, 0.5) is 10.5 Å². The van der Waals surface area contributed by atoms with Gasteiger partial charge in [-0.05, 0) is 36.8 Å². The summed E-state index contributed by atoms with van der Waals surface area (Å²) in [6, 6.07) is 14.2. The topological polar surface area (TPSA) is 54.2 Å². The standard InChI is InChI=1S/C17H12N3O2/c1-11-5-4-6-12(9-11)19-16(21)15-10-18-13-7-2-3-8-14(13)20(15)17(19)22/h2-10H,1H3/q+1. The molecular formula is C17H12N3O2+. The number of para-hydroxylation sites is 2. The van der Waals surface area contributed by atoms with Crippen molar-refractivity contribution < 1.29 is 14.2 Å². The molecule has 4 rings (SSSR count). The van der Waals surface area contributed by atoms with Crippen molar-refractivity contribution in [3.63, 3.8) is 0 Å². The summed E-state index contributed by atoms with van der Waals surface area (Å²) < 4.78 is 1.42. The molecular weight excluding hydrogens is 278 g/mol. The molecule has 5 heteroatoms. The van der Waals surface area contributed by atoms with Gasteiger partial charge in [0.25, 0.3) is 0 Å². The molecule has 0 saturated carbocycles. The van der Waals surface area contributed by atoms with Gasteiger partial charge in [0.15, 0.2) is 5.52 Å². The molecule has 2 heterocycles. The number of aryl methyl sites for hydroxylation is 1. The van der Waals surface area contributed by atoms with Crippen LogP contribution in [0.5, 0.6) is 0 Å². The van der Waals surface area contributed by atoms with E-state index in [1.807, 2.05) is 43.3 Å². The number of hydrogen-bond donors (Lipinski definition) is 0. The smallest absolute Gasteiger partial charge is 0.248 e. The van der Waals surface area contributed by atoms with E-state index in [9.17, 15) is 9.59 Å². The lowest BCUT2D eigenvalue weighted by Crippen LogP contribution is -2.46. The number of fused-ring (bicyclic) bond motifs is 3. The lowest BCUT2D eigenvalue weighted by molar-refractivity contribution is -0.537. The van der Waals surface area contributed by atoms with Crippen molar-refractivity contribution in [3.05, 3.63) is 66.0 Å². The van der Waals surface area contributed by atoms with Gasteiger partial charge in [-0.2, -0.15) is 4.79 Å². The average Bonchev–Trinajstić information content (AvgIpc) is 2.79. The zero-order chi connectivity index (χ0) is 15.3. The van der Waals surface area contributed by atoms with Crippen molar-refractivity contribution in [3.8, 4) is 0 Å². The second-order valence-electron chi connectivity index (χ2n) is 5.23. The molecule has 1 aliphatic heterocycles. The number of aromatic nitrogens is 2. The third-order valence-electron chi connectivity index (χ3n) is 3.75. The summed E-state index contributed by atoms with van der Waals surface area (Å²) in [4.78, 5) is 30.8. The third kappa shape index (κ3) is 1.65. The Morgan fingerprint density at radius 3 is 2.68 bits per heavy atom. The predicted molar refractivity (Wildman–Crippen MR) is 80.7 cm³/mol. The maximum absolute atomic E-state index is 12.8. The highest BCUT2D eigenvalue weighted by molar-refractivity contribution is 6.21. The molecule has 0 unspecified atom stereocenters. The Labute approximate surface area is 126 Å². The van der Waals surface area contributed by atoms with E-state index in [2.05, 4.69) is 4.98 Å². The fraction of sp³-hybridized carbons (Fsp3) is 0.0588. The van der Waals surface area contributed by atoms with Crippen LogP contribution < -0.4 is 9.47 Å². The Bertz CT molecular complexity index is 950. The molecule has 0 radical (unpaired) electrons. The normalized spacial score (nSPS) is 13.8. The zero-order valence-corrected chi connectivity index (χ0v) is 11.9. The van der Waals surface area contributed by atoms with E-state index in [4.69, 9.17) is 0 Å². The molecule has 0 fully saturated rings. The van der Waals surface area contributed by atoms with E-state index in [1.54, 1.807) is 12.1 Å². The first-order chi connectivity index (χ1) is 10.7. The molecule has 0 spiro atoms. The summed E-state index contributed by atoms with van der Waals surface area (Å²) in [5.41, 5.74) is 3.15. The molecule has 5 nitrogen and oxygen atoms in total.